The largest absolute Gasteiger partial charge is 0.486 e. The number of ether oxygens (including phenoxy) is 2. The van der Waals surface area contributed by atoms with Crippen molar-refractivity contribution < 1.29 is 37.8 Å². The normalized spacial score (nSPS) is 19.7. The van der Waals surface area contributed by atoms with Crippen LogP contribution in [0.1, 0.15) is 49.3 Å². The number of carbonyl (C=O) groups is 5. The molecule has 0 radical (unpaired) electrons. The highest BCUT2D eigenvalue weighted by Gasteiger charge is 2.46. The summed E-state index contributed by atoms with van der Waals surface area (Å²) in [5.41, 5.74) is 0.319. The van der Waals surface area contributed by atoms with Crippen LogP contribution in [0, 0.1) is 23.7 Å². The van der Waals surface area contributed by atoms with E-state index in [9.17, 15) is 28.4 Å². The van der Waals surface area contributed by atoms with Crippen molar-refractivity contribution in [1.29, 1.82) is 0 Å². The average molecular weight is 541 g/mol. The van der Waals surface area contributed by atoms with E-state index in [0.29, 0.717) is 30.3 Å². The van der Waals surface area contributed by atoms with E-state index in [1.165, 1.54) is 19.1 Å². The zero-order chi connectivity index (χ0) is 28.3. The zero-order valence-corrected chi connectivity index (χ0v) is 21.7. The summed E-state index contributed by atoms with van der Waals surface area (Å²) in [5, 5.41) is 7.52. The number of fused-ring (bicyclic) bond motifs is 1. The van der Waals surface area contributed by atoms with Gasteiger partial charge in [0.1, 0.15) is 24.8 Å². The molecule has 4 atom stereocenters. The van der Waals surface area contributed by atoms with Crippen LogP contribution in [0.25, 0.3) is 0 Å². The van der Waals surface area contributed by atoms with E-state index in [-0.39, 0.29) is 12.1 Å². The first-order valence-corrected chi connectivity index (χ1v) is 12.6. The van der Waals surface area contributed by atoms with E-state index in [1.54, 1.807) is 32.0 Å². The van der Waals surface area contributed by atoms with Gasteiger partial charge in [-0.25, -0.2) is 4.98 Å². The van der Waals surface area contributed by atoms with Crippen LogP contribution in [0.3, 0.4) is 0 Å². The quantitative estimate of drug-likeness (QED) is 0.246. The highest BCUT2D eigenvalue weighted by molar-refractivity contribution is 6.16. The fraction of sp³-hybridized carbons (Fsp3) is 0.407. The van der Waals surface area contributed by atoms with E-state index in [4.69, 9.17) is 9.47 Å². The molecular weight excluding hydrogens is 511 g/mol. The topological polar surface area (TPSA) is 153 Å². The molecule has 4 rings (SSSR count). The maximum Gasteiger partial charge on any atom is 0.270 e. The summed E-state index contributed by atoms with van der Waals surface area (Å²) in [6, 6.07) is 6.75. The molecule has 2 aliphatic rings. The van der Waals surface area contributed by atoms with Gasteiger partial charge in [0.05, 0.1) is 24.4 Å². The molecule has 0 spiro atoms. The number of rotatable bonds is 9. The Kier molecular flexibility index (Phi) is 8.22. The van der Waals surface area contributed by atoms with Crippen LogP contribution in [0.2, 0.25) is 0 Å². The highest BCUT2D eigenvalue weighted by Crippen LogP contribution is 2.33. The first-order chi connectivity index (χ1) is 18.5. The van der Waals surface area contributed by atoms with Crippen molar-refractivity contribution in [1.82, 2.24) is 20.9 Å². The van der Waals surface area contributed by atoms with Gasteiger partial charge in [0.2, 0.25) is 23.7 Å². The zero-order valence-electron chi connectivity index (χ0n) is 21.7. The number of ketones is 1. The van der Waals surface area contributed by atoms with E-state index in [1.807, 2.05) is 0 Å². The van der Waals surface area contributed by atoms with Gasteiger partial charge in [0, 0.05) is 0 Å². The van der Waals surface area contributed by atoms with Crippen molar-refractivity contribution in [3.63, 3.8) is 0 Å². The minimum absolute atomic E-state index is 0.181. The lowest BCUT2D eigenvalue weighted by Gasteiger charge is -2.26. The van der Waals surface area contributed by atoms with Crippen LogP contribution < -0.4 is 25.4 Å². The lowest BCUT2D eigenvalue weighted by atomic mass is 9.85. The minimum atomic E-state index is -1.21. The Balaban J connectivity index is 1.56. The van der Waals surface area contributed by atoms with Gasteiger partial charge in [-0.15, -0.1) is 0 Å². The number of nitrogens with zero attached hydrogens (tertiary/aromatic N) is 1. The lowest BCUT2D eigenvalue weighted by molar-refractivity contribution is -0.137. The van der Waals surface area contributed by atoms with Crippen molar-refractivity contribution in [2.24, 2.45) is 17.8 Å². The summed E-state index contributed by atoms with van der Waals surface area (Å²) in [5.74, 6) is -5.46. The van der Waals surface area contributed by atoms with E-state index < -0.39 is 65.2 Å². The van der Waals surface area contributed by atoms with Gasteiger partial charge < -0.3 is 20.1 Å². The molecule has 1 unspecified atom stereocenters. The predicted octanol–water partition coefficient (Wildman–Crippen LogP) is 1.47. The van der Waals surface area contributed by atoms with E-state index >= 15 is 0 Å². The number of carbonyl (C=O) groups excluding carboxylic acids is 5. The third kappa shape index (κ3) is 6.21. The Morgan fingerprint density at radius 3 is 2.41 bits per heavy atom. The van der Waals surface area contributed by atoms with E-state index in [2.05, 4.69) is 20.9 Å². The number of nitrogens with one attached hydrogen (secondary N) is 3. The maximum atomic E-state index is 13.6. The summed E-state index contributed by atoms with van der Waals surface area (Å²) in [4.78, 5) is 67.1. The van der Waals surface area contributed by atoms with Gasteiger partial charge >= 0.3 is 0 Å². The number of aromatic nitrogens is 1. The Morgan fingerprint density at radius 1 is 1.05 bits per heavy atom. The van der Waals surface area contributed by atoms with Crippen molar-refractivity contribution in [3.05, 3.63) is 53.6 Å². The van der Waals surface area contributed by atoms with Crippen LogP contribution in [0.5, 0.6) is 11.5 Å². The third-order valence-corrected chi connectivity index (χ3v) is 6.65. The Labute approximate surface area is 223 Å². The van der Waals surface area contributed by atoms with Gasteiger partial charge in [-0.05, 0) is 35.7 Å². The second kappa shape index (κ2) is 11.6. The summed E-state index contributed by atoms with van der Waals surface area (Å²) >= 11 is 0. The summed E-state index contributed by atoms with van der Waals surface area (Å²) < 4.78 is 24.8. The Hall–Kier alpha value is -4.35. The van der Waals surface area contributed by atoms with E-state index in [0.717, 1.165) is 6.07 Å². The molecule has 3 heterocycles. The molecule has 0 bridgehead atoms. The molecule has 4 amide bonds. The van der Waals surface area contributed by atoms with Crippen LogP contribution in [-0.4, -0.2) is 53.7 Å². The van der Waals surface area contributed by atoms with Crippen LogP contribution in [0.4, 0.5) is 4.39 Å². The number of hydrogen-bond acceptors (Lipinski definition) is 8. The molecule has 0 saturated carbocycles. The first kappa shape index (κ1) is 27.7. The second-order valence-corrected chi connectivity index (χ2v) is 9.79. The molecule has 39 heavy (non-hydrogen) atoms. The van der Waals surface area contributed by atoms with Crippen molar-refractivity contribution in [2.75, 3.05) is 13.2 Å². The number of hydrogen-bond donors (Lipinski definition) is 3. The van der Waals surface area contributed by atoms with Crippen molar-refractivity contribution in [2.45, 2.75) is 39.3 Å². The average Bonchev–Trinajstić information content (AvgIpc) is 3.16. The molecule has 1 fully saturated rings. The van der Waals surface area contributed by atoms with Crippen molar-refractivity contribution in [3.8, 4) is 11.5 Å². The highest BCUT2D eigenvalue weighted by atomic mass is 19.1. The van der Waals surface area contributed by atoms with Crippen LogP contribution >= 0.6 is 0 Å². The molecule has 11 nitrogen and oxygen atoms in total. The molecule has 1 aromatic carbocycles. The summed E-state index contributed by atoms with van der Waals surface area (Å²) in [7, 11) is 0. The Bertz CT molecular complexity index is 1310. The number of halogens is 1. The monoisotopic (exact) mass is 540 g/mol. The number of pyridine rings is 1. The lowest BCUT2D eigenvalue weighted by Crippen LogP contribution is -2.49. The molecule has 12 heteroatoms. The molecular formula is C27H29FN4O7. The van der Waals surface area contributed by atoms with Gasteiger partial charge in [-0.3, -0.25) is 29.3 Å². The molecule has 2 aromatic rings. The number of imide groups is 1. The fourth-order valence-corrected chi connectivity index (χ4v) is 4.54. The second-order valence-electron chi connectivity index (χ2n) is 9.79. The van der Waals surface area contributed by atoms with Gasteiger partial charge in [0.25, 0.3) is 5.91 Å². The fourth-order valence-electron chi connectivity index (χ4n) is 4.54. The van der Waals surface area contributed by atoms with Crippen LogP contribution in [-0.2, 0) is 19.2 Å². The number of amides is 4. The predicted molar refractivity (Wildman–Crippen MR) is 134 cm³/mol. The van der Waals surface area contributed by atoms with Gasteiger partial charge in [-0.2, -0.15) is 4.39 Å². The molecule has 1 aromatic heterocycles. The molecule has 3 N–H and O–H groups in total. The van der Waals surface area contributed by atoms with Crippen molar-refractivity contribution >= 4 is 29.4 Å². The SMILES string of the molecule is CC(C)[C@@H](NC(=O)CC(NC(=O)c1cccc(F)n1)c1ccc2c(c1)OCCO2)C(=O)[C@@H]1C(=O)NC(=O)[C@H]1C. The molecule has 206 valence electrons. The van der Waals surface area contributed by atoms with Crippen LogP contribution in [0.15, 0.2) is 36.4 Å². The molecule has 0 aliphatic carbocycles. The standard InChI is InChI=1S/C27H29FN4O7/c1-13(2)23(24(34)22-14(3)25(35)32-27(22)37)31-21(33)12-17(30-26(36)16-5-4-6-20(28)29-16)15-7-8-18-19(11-15)39-10-9-38-18/h4-8,11,13-14,17,22-23H,9-10,12H2,1-3H3,(H,30,36)(H,31,33)(H,32,35,37)/t14-,17?,22+,23+/m0/s1. The van der Waals surface area contributed by atoms with Gasteiger partial charge in [0.15, 0.2) is 17.3 Å². The molecule has 1 saturated heterocycles. The summed E-state index contributed by atoms with van der Waals surface area (Å²) in [6.45, 7) is 5.61. The first-order valence-electron chi connectivity index (χ1n) is 12.6. The maximum absolute atomic E-state index is 13.6. The Morgan fingerprint density at radius 2 is 1.77 bits per heavy atom. The summed E-state index contributed by atoms with van der Waals surface area (Å²) in [6.07, 6.45) is -0.303. The van der Waals surface area contributed by atoms with Gasteiger partial charge in [-0.1, -0.05) is 32.9 Å². The minimum Gasteiger partial charge on any atom is -0.486 e. The number of Topliss-reactive ketones (excluding diaryl/α,β-unsaturated/α-hetero) is 1. The smallest absolute Gasteiger partial charge is 0.270 e. The third-order valence-electron chi connectivity index (χ3n) is 6.65. The molecule has 2 aliphatic heterocycles. The number of benzene rings is 1.